The number of nitrogens with two attached hydrogens (primary N) is 1. The van der Waals surface area contributed by atoms with E-state index in [0.717, 1.165) is 5.75 Å². The van der Waals surface area contributed by atoms with Gasteiger partial charge in [0.2, 0.25) is 0 Å². The Hall–Kier alpha value is -1.42. The van der Waals surface area contributed by atoms with E-state index in [4.69, 9.17) is 19.9 Å². The molecular formula is C13H21NO3. The molecule has 0 saturated heterocycles. The standard InChI is InChI=1S/C13H21NO3/c1-4-15-9-10(3)17-13-7-11(14)6-12(8-13)16-5-2/h6-8,10H,4-5,9,14H2,1-3H3. The van der Waals surface area contributed by atoms with Gasteiger partial charge in [-0.1, -0.05) is 0 Å². The van der Waals surface area contributed by atoms with Crippen LogP contribution in [0.25, 0.3) is 0 Å². The molecular weight excluding hydrogens is 218 g/mol. The van der Waals surface area contributed by atoms with Crippen LogP contribution in [0.4, 0.5) is 5.69 Å². The molecule has 96 valence electrons. The second-order valence-electron chi connectivity index (χ2n) is 3.76. The van der Waals surface area contributed by atoms with Gasteiger partial charge in [0.1, 0.15) is 17.6 Å². The zero-order chi connectivity index (χ0) is 12.7. The number of benzene rings is 1. The third-order valence-electron chi connectivity index (χ3n) is 2.11. The van der Waals surface area contributed by atoms with Crippen molar-refractivity contribution in [1.82, 2.24) is 0 Å². The fourth-order valence-corrected chi connectivity index (χ4v) is 1.46. The van der Waals surface area contributed by atoms with E-state index in [1.54, 1.807) is 12.1 Å². The molecule has 0 aliphatic rings. The van der Waals surface area contributed by atoms with Crippen LogP contribution in [0.15, 0.2) is 18.2 Å². The Bertz CT molecular complexity index is 341. The first-order valence-corrected chi connectivity index (χ1v) is 5.93. The molecule has 1 aromatic carbocycles. The fraction of sp³-hybridized carbons (Fsp3) is 0.538. The highest BCUT2D eigenvalue weighted by Gasteiger charge is 2.06. The summed E-state index contributed by atoms with van der Waals surface area (Å²) in [6.45, 7) is 7.71. The van der Waals surface area contributed by atoms with E-state index >= 15 is 0 Å². The Labute approximate surface area is 103 Å². The largest absolute Gasteiger partial charge is 0.494 e. The molecule has 1 aromatic rings. The van der Waals surface area contributed by atoms with Gasteiger partial charge in [-0.3, -0.25) is 0 Å². The summed E-state index contributed by atoms with van der Waals surface area (Å²) in [6.07, 6.45) is -0.00812. The van der Waals surface area contributed by atoms with E-state index in [2.05, 4.69) is 0 Å². The maximum Gasteiger partial charge on any atom is 0.125 e. The molecule has 0 amide bonds. The van der Waals surface area contributed by atoms with E-state index in [0.29, 0.717) is 31.3 Å². The molecule has 0 saturated carbocycles. The normalized spacial score (nSPS) is 12.2. The van der Waals surface area contributed by atoms with Gasteiger partial charge in [0.15, 0.2) is 0 Å². The summed E-state index contributed by atoms with van der Waals surface area (Å²) < 4.78 is 16.4. The maximum absolute atomic E-state index is 5.77. The molecule has 0 spiro atoms. The lowest BCUT2D eigenvalue weighted by atomic mass is 10.3. The van der Waals surface area contributed by atoms with Gasteiger partial charge in [-0.2, -0.15) is 0 Å². The molecule has 0 aromatic heterocycles. The lowest BCUT2D eigenvalue weighted by Crippen LogP contribution is -2.19. The van der Waals surface area contributed by atoms with E-state index in [1.165, 1.54) is 0 Å². The Morgan fingerprint density at radius 1 is 1.12 bits per heavy atom. The summed E-state index contributed by atoms with van der Waals surface area (Å²) >= 11 is 0. The molecule has 4 heteroatoms. The van der Waals surface area contributed by atoms with Crippen LogP contribution in [0.2, 0.25) is 0 Å². The molecule has 17 heavy (non-hydrogen) atoms. The topological polar surface area (TPSA) is 53.7 Å². The zero-order valence-corrected chi connectivity index (χ0v) is 10.7. The smallest absolute Gasteiger partial charge is 0.125 e. The lowest BCUT2D eigenvalue weighted by molar-refractivity contribution is 0.0656. The Kier molecular flexibility index (Phi) is 5.63. The van der Waals surface area contributed by atoms with Crippen LogP contribution in [0.3, 0.4) is 0 Å². The van der Waals surface area contributed by atoms with E-state index in [1.807, 2.05) is 26.8 Å². The van der Waals surface area contributed by atoms with Crippen LogP contribution in [0.5, 0.6) is 11.5 Å². The molecule has 0 heterocycles. The fourth-order valence-electron chi connectivity index (χ4n) is 1.46. The second-order valence-corrected chi connectivity index (χ2v) is 3.76. The van der Waals surface area contributed by atoms with Crippen LogP contribution in [0, 0.1) is 0 Å². The summed E-state index contributed by atoms with van der Waals surface area (Å²) in [6, 6.07) is 5.40. The Balaban J connectivity index is 2.63. The molecule has 4 nitrogen and oxygen atoms in total. The predicted octanol–water partition coefficient (Wildman–Crippen LogP) is 2.47. The van der Waals surface area contributed by atoms with Gasteiger partial charge in [-0.25, -0.2) is 0 Å². The van der Waals surface area contributed by atoms with E-state index in [9.17, 15) is 0 Å². The second kappa shape index (κ2) is 7.01. The van der Waals surface area contributed by atoms with E-state index in [-0.39, 0.29) is 6.10 Å². The quantitative estimate of drug-likeness (QED) is 0.743. The monoisotopic (exact) mass is 239 g/mol. The molecule has 1 atom stereocenters. The minimum Gasteiger partial charge on any atom is -0.494 e. The lowest BCUT2D eigenvalue weighted by Gasteiger charge is -2.15. The SMILES string of the molecule is CCOCC(C)Oc1cc(N)cc(OCC)c1. The van der Waals surface area contributed by atoms with Crippen molar-refractivity contribution in [2.45, 2.75) is 26.9 Å². The number of nitrogen functional groups attached to an aromatic ring is 1. The van der Waals surface area contributed by atoms with Crippen molar-refractivity contribution in [1.29, 1.82) is 0 Å². The van der Waals surface area contributed by atoms with Crippen LogP contribution in [-0.2, 0) is 4.74 Å². The average molecular weight is 239 g/mol. The van der Waals surface area contributed by atoms with Crippen molar-refractivity contribution < 1.29 is 14.2 Å². The molecule has 0 aliphatic heterocycles. The molecule has 1 rings (SSSR count). The minimum atomic E-state index is -0.00812. The van der Waals surface area contributed by atoms with Crippen LogP contribution >= 0.6 is 0 Å². The van der Waals surface area contributed by atoms with E-state index < -0.39 is 0 Å². The summed E-state index contributed by atoms with van der Waals surface area (Å²) in [5.74, 6) is 1.44. The maximum atomic E-state index is 5.77. The van der Waals surface area contributed by atoms with Crippen molar-refractivity contribution in [2.75, 3.05) is 25.6 Å². The first-order valence-electron chi connectivity index (χ1n) is 5.93. The van der Waals surface area contributed by atoms with Crippen LogP contribution < -0.4 is 15.2 Å². The van der Waals surface area contributed by atoms with Gasteiger partial charge in [0.05, 0.1) is 13.2 Å². The molecule has 0 fully saturated rings. The molecule has 0 aliphatic carbocycles. The first kappa shape index (κ1) is 13.6. The highest BCUT2D eigenvalue weighted by molar-refractivity contribution is 5.50. The van der Waals surface area contributed by atoms with Crippen molar-refractivity contribution >= 4 is 5.69 Å². The number of anilines is 1. The third-order valence-corrected chi connectivity index (χ3v) is 2.11. The highest BCUT2D eigenvalue weighted by Crippen LogP contribution is 2.25. The number of hydrogen-bond acceptors (Lipinski definition) is 4. The Morgan fingerprint density at radius 3 is 2.47 bits per heavy atom. The average Bonchev–Trinajstić information content (AvgIpc) is 2.26. The van der Waals surface area contributed by atoms with Crippen LogP contribution in [0.1, 0.15) is 20.8 Å². The van der Waals surface area contributed by atoms with Gasteiger partial charge in [-0.15, -0.1) is 0 Å². The third kappa shape index (κ3) is 4.95. The summed E-state index contributed by atoms with van der Waals surface area (Å²) in [5, 5.41) is 0. The summed E-state index contributed by atoms with van der Waals surface area (Å²) in [7, 11) is 0. The van der Waals surface area contributed by atoms with Crippen LogP contribution in [-0.4, -0.2) is 25.9 Å². The zero-order valence-electron chi connectivity index (χ0n) is 10.7. The predicted molar refractivity (Wildman–Crippen MR) is 68.6 cm³/mol. The van der Waals surface area contributed by atoms with Crippen molar-refractivity contribution in [3.8, 4) is 11.5 Å². The van der Waals surface area contributed by atoms with Crippen molar-refractivity contribution in [2.24, 2.45) is 0 Å². The first-order chi connectivity index (χ1) is 8.15. The minimum absolute atomic E-state index is 0.00812. The molecule has 0 radical (unpaired) electrons. The van der Waals surface area contributed by atoms with Gasteiger partial charge in [-0.05, 0) is 20.8 Å². The Morgan fingerprint density at radius 2 is 1.82 bits per heavy atom. The van der Waals surface area contributed by atoms with Crippen molar-refractivity contribution in [3.63, 3.8) is 0 Å². The number of ether oxygens (including phenoxy) is 3. The van der Waals surface area contributed by atoms with Gasteiger partial charge in [0, 0.05) is 30.5 Å². The summed E-state index contributed by atoms with van der Waals surface area (Å²) in [4.78, 5) is 0. The van der Waals surface area contributed by atoms with Gasteiger partial charge < -0.3 is 19.9 Å². The van der Waals surface area contributed by atoms with Gasteiger partial charge in [0.25, 0.3) is 0 Å². The molecule has 1 unspecified atom stereocenters. The molecule has 0 bridgehead atoms. The number of rotatable bonds is 7. The molecule has 2 N–H and O–H groups in total. The van der Waals surface area contributed by atoms with Crippen molar-refractivity contribution in [3.05, 3.63) is 18.2 Å². The van der Waals surface area contributed by atoms with Gasteiger partial charge >= 0.3 is 0 Å². The summed E-state index contributed by atoms with van der Waals surface area (Å²) in [5.41, 5.74) is 6.41. The highest BCUT2D eigenvalue weighted by atomic mass is 16.5. The number of hydrogen-bond donors (Lipinski definition) is 1.